The van der Waals surface area contributed by atoms with E-state index in [4.69, 9.17) is 10.5 Å². The molecule has 1 atom stereocenters. The van der Waals surface area contributed by atoms with Crippen molar-refractivity contribution in [2.24, 2.45) is 5.73 Å². The number of methoxy groups -OCH3 is 1. The van der Waals surface area contributed by atoms with Crippen molar-refractivity contribution in [1.29, 1.82) is 0 Å². The summed E-state index contributed by atoms with van der Waals surface area (Å²) >= 11 is 0. The molecule has 5 nitrogen and oxygen atoms in total. The van der Waals surface area contributed by atoms with Crippen LogP contribution in [0.3, 0.4) is 0 Å². The Morgan fingerprint density at radius 1 is 1.64 bits per heavy atom. The molecular formula is C9H18N4O. The molecule has 5 heteroatoms. The highest BCUT2D eigenvalue weighted by Gasteiger charge is 2.06. The first-order valence-corrected chi connectivity index (χ1v) is 4.87. The minimum Gasteiger partial charge on any atom is -0.385 e. The average Bonchev–Trinajstić information content (AvgIpc) is 2.63. The van der Waals surface area contributed by atoms with Gasteiger partial charge < -0.3 is 10.5 Å². The summed E-state index contributed by atoms with van der Waals surface area (Å²) in [4.78, 5) is 0. The van der Waals surface area contributed by atoms with Crippen molar-refractivity contribution in [2.45, 2.75) is 25.8 Å². The second kappa shape index (κ2) is 5.72. The quantitative estimate of drug-likeness (QED) is 0.717. The molecule has 0 aromatic carbocycles. The van der Waals surface area contributed by atoms with Gasteiger partial charge in [-0.3, -0.25) is 0 Å². The molecule has 1 aromatic heterocycles. The van der Waals surface area contributed by atoms with Crippen molar-refractivity contribution in [3.05, 3.63) is 11.9 Å². The minimum atomic E-state index is 0.328. The third-order valence-electron chi connectivity index (χ3n) is 2.15. The van der Waals surface area contributed by atoms with Gasteiger partial charge in [-0.05, 0) is 19.9 Å². The summed E-state index contributed by atoms with van der Waals surface area (Å²) in [6.45, 7) is 3.46. The van der Waals surface area contributed by atoms with Gasteiger partial charge in [-0.2, -0.15) is 0 Å². The average molecular weight is 198 g/mol. The molecule has 0 radical (unpaired) electrons. The van der Waals surface area contributed by atoms with Gasteiger partial charge in [-0.15, -0.1) is 5.10 Å². The third-order valence-corrected chi connectivity index (χ3v) is 2.15. The van der Waals surface area contributed by atoms with Crippen molar-refractivity contribution in [3.8, 4) is 0 Å². The van der Waals surface area contributed by atoms with E-state index in [9.17, 15) is 0 Å². The van der Waals surface area contributed by atoms with E-state index in [1.807, 2.05) is 10.9 Å². The van der Waals surface area contributed by atoms with Gasteiger partial charge in [0, 0.05) is 26.3 Å². The van der Waals surface area contributed by atoms with Crippen molar-refractivity contribution in [3.63, 3.8) is 0 Å². The molecule has 0 saturated carbocycles. The zero-order chi connectivity index (χ0) is 10.4. The van der Waals surface area contributed by atoms with Gasteiger partial charge in [0.1, 0.15) is 0 Å². The Bertz CT molecular complexity index is 261. The van der Waals surface area contributed by atoms with Gasteiger partial charge in [0.05, 0.1) is 11.7 Å². The van der Waals surface area contributed by atoms with E-state index in [1.54, 1.807) is 7.11 Å². The van der Waals surface area contributed by atoms with Crippen molar-refractivity contribution >= 4 is 0 Å². The SMILES string of the molecule is COCCC(C)n1cc(CCN)nn1. The zero-order valence-electron chi connectivity index (χ0n) is 8.81. The molecular weight excluding hydrogens is 180 g/mol. The smallest absolute Gasteiger partial charge is 0.0839 e. The maximum Gasteiger partial charge on any atom is 0.0839 e. The summed E-state index contributed by atoms with van der Waals surface area (Å²) in [7, 11) is 1.70. The molecule has 2 N–H and O–H groups in total. The summed E-state index contributed by atoms with van der Waals surface area (Å²) < 4.78 is 6.87. The molecule has 0 bridgehead atoms. The van der Waals surface area contributed by atoms with Crippen LogP contribution in [0.2, 0.25) is 0 Å². The van der Waals surface area contributed by atoms with Crippen LogP contribution >= 0.6 is 0 Å². The Kier molecular flexibility index (Phi) is 4.55. The van der Waals surface area contributed by atoms with Gasteiger partial charge in [-0.1, -0.05) is 5.21 Å². The van der Waals surface area contributed by atoms with Crippen LogP contribution in [-0.4, -0.2) is 35.3 Å². The predicted molar refractivity (Wildman–Crippen MR) is 54.0 cm³/mol. The van der Waals surface area contributed by atoms with Gasteiger partial charge in [-0.25, -0.2) is 4.68 Å². The third kappa shape index (κ3) is 3.08. The molecule has 14 heavy (non-hydrogen) atoms. The monoisotopic (exact) mass is 198 g/mol. The summed E-state index contributed by atoms with van der Waals surface area (Å²) in [5.41, 5.74) is 6.38. The van der Waals surface area contributed by atoms with E-state index in [0.717, 1.165) is 25.1 Å². The highest BCUT2D eigenvalue weighted by Crippen LogP contribution is 2.09. The summed E-state index contributed by atoms with van der Waals surface area (Å²) in [5.74, 6) is 0. The topological polar surface area (TPSA) is 66.0 Å². The molecule has 1 unspecified atom stereocenters. The molecule has 0 aliphatic rings. The fourth-order valence-corrected chi connectivity index (χ4v) is 1.21. The lowest BCUT2D eigenvalue weighted by molar-refractivity contribution is 0.178. The first-order valence-electron chi connectivity index (χ1n) is 4.87. The lowest BCUT2D eigenvalue weighted by Gasteiger charge is -2.09. The number of aromatic nitrogens is 3. The summed E-state index contributed by atoms with van der Waals surface area (Å²) in [6, 6.07) is 0.328. The number of hydrogen-bond acceptors (Lipinski definition) is 4. The number of nitrogens with zero attached hydrogens (tertiary/aromatic N) is 3. The minimum absolute atomic E-state index is 0.328. The second-order valence-corrected chi connectivity index (χ2v) is 3.36. The number of hydrogen-bond donors (Lipinski definition) is 1. The number of rotatable bonds is 6. The Morgan fingerprint density at radius 2 is 2.43 bits per heavy atom. The van der Waals surface area contributed by atoms with E-state index < -0.39 is 0 Å². The Balaban J connectivity index is 2.48. The largest absolute Gasteiger partial charge is 0.385 e. The second-order valence-electron chi connectivity index (χ2n) is 3.36. The van der Waals surface area contributed by atoms with E-state index >= 15 is 0 Å². The Morgan fingerprint density at radius 3 is 3.07 bits per heavy atom. The van der Waals surface area contributed by atoms with Crippen LogP contribution in [0.4, 0.5) is 0 Å². The maximum atomic E-state index is 5.43. The molecule has 0 spiro atoms. The molecule has 1 heterocycles. The first kappa shape index (κ1) is 11.1. The highest BCUT2D eigenvalue weighted by atomic mass is 16.5. The van der Waals surface area contributed by atoms with Crippen molar-refractivity contribution < 1.29 is 4.74 Å². The number of ether oxygens (including phenoxy) is 1. The van der Waals surface area contributed by atoms with E-state index in [-0.39, 0.29) is 0 Å². The molecule has 0 saturated heterocycles. The van der Waals surface area contributed by atoms with Crippen LogP contribution in [0.1, 0.15) is 25.1 Å². The predicted octanol–water partition coefficient (Wildman–Crippen LogP) is 0.377. The van der Waals surface area contributed by atoms with Crippen LogP contribution in [0.25, 0.3) is 0 Å². The molecule has 1 aromatic rings. The fraction of sp³-hybridized carbons (Fsp3) is 0.778. The Hall–Kier alpha value is -0.940. The Labute approximate surface area is 84.2 Å². The lowest BCUT2D eigenvalue weighted by Crippen LogP contribution is -2.08. The van der Waals surface area contributed by atoms with Crippen LogP contribution < -0.4 is 5.73 Å². The zero-order valence-corrected chi connectivity index (χ0v) is 8.81. The molecule has 80 valence electrons. The van der Waals surface area contributed by atoms with Crippen LogP contribution in [-0.2, 0) is 11.2 Å². The van der Waals surface area contributed by atoms with Crippen molar-refractivity contribution in [2.75, 3.05) is 20.3 Å². The first-order chi connectivity index (χ1) is 6.77. The van der Waals surface area contributed by atoms with Gasteiger partial charge in [0.2, 0.25) is 0 Å². The van der Waals surface area contributed by atoms with Crippen LogP contribution in [0.15, 0.2) is 6.20 Å². The maximum absolute atomic E-state index is 5.43. The van der Waals surface area contributed by atoms with E-state index in [1.165, 1.54) is 0 Å². The molecule has 0 fully saturated rings. The van der Waals surface area contributed by atoms with E-state index in [2.05, 4.69) is 17.2 Å². The van der Waals surface area contributed by atoms with Gasteiger partial charge in [0.25, 0.3) is 0 Å². The molecule has 0 aliphatic heterocycles. The van der Waals surface area contributed by atoms with Crippen LogP contribution in [0.5, 0.6) is 0 Å². The normalized spacial score (nSPS) is 13.1. The lowest BCUT2D eigenvalue weighted by atomic mass is 10.2. The highest BCUT2D eigenvalue weighted by molar-refractivity contribution is 4.93. The molecule has 0 amide bonds. The molecule has 1 rings (SSSR count). The number of nitrogens with two attached hydrogens (primary N) is 1. The summed E-state index contributed by atoms with van der Waals surface area (Å²) in [5, 5.41) is 8.07. The van der Waals surface area contributed by atoms with E-state index in [0.29, 0.717) is 12.6 Å². The van der Waals surface area contributed by atoms with Crippen LogP contribution in [0, 0.1) is 0 Å². The van der Waals surface area contributed by atoms with Crippen molar-refractivity contribution in [1.82, 2.24) is 15.0 Å². The molecule has 0 aliphatic carbocycles. The van der Waals surface area contributed by atoms with Gasteiger partial charge >= 0.3 is 0 Å². The fourth-order valence-electron chi connectivity index (χ4n) is 1.21. The van der Waals surface area contributed by atoms with Gasteiger partial charge in [0.15, 0.2) is 0 Å². The standard InChI is InChI=1S/C9H18N4O/c1-8(4-6-14-2)13-7-9(3-5-10)11-12-13/h7-8H,3-6,10H2,1-2H3. The summed E-state index contributed by atoms with van der Waals surface area (Å²) in [6.07, 6.45) is 3.69.